The first-order valence-electron chi connectivity index (χ1n) is 12.6. The molecule has 38 heavy (non-hydrogen) atoms. The minimum absolute atomic E-state index is 0.117. The molecule has 3 rings (SSSR count). The van der Waals surface area contributed by atoms with E-state index in [-0.39, 0.29) is 23.7 Å². The van der Waals surface area contributed by atoms with Gasteiger partial charge in [-0.3, -0.25) is 9.59 Å². The summed E-state index contributed by atoms with van der Waals surface area (Å²) in [6.45, 7) is 13.6. The van der Waals surface area contributed by atoms with Crippen LogP contribution in [0.4, 0.5) is 0 Å². The highest BCUT2D eigenvalue weighted by Gasteiger charge is 2.40. The summed E-state index contributed by atoms with van der Waals surface area (Å²) in [6.07, 6.45) is 0.633. The standard InChI is InChI=1S/C30H35ClN4O3/c1-19(25(16-21-11-13-24(31)14-12-21)23-10-8-9-22(15-23)17-32)33-28(37)30(6,7)26-20(2)34-35(29(3,4)5)27(26)38-18-36/h8-15,18-19,25H,16H2,1-7H3,(H,33,37)/t19-,25+/m0/s1. The number of hydrogen-bond donors (Lipinski definition) is 1. The van der Waals surface area contributed by atoms with E-state index in [4.69, 9.17) is 16.3 Å². The fourth-order valence-electron chi connectivity index (χ4n) is 4.73. The average molecular weight is 535 g/mol. The first kappa shape index (κ1) is 28.9. The Hall–Kier alpha value is -3.63. The van der Waals surface area contributed by atoms with E-state index in [1.807, 2.05) is 77.1 Å². The zero-order valence-corrected chi connectivity index (χ0v) is 23.8. The number of aromatic nitrogens is 2. The molecule has 0 radical (unpaired) electrons. The minimum atomic E-state index is -1.06. The molecule has 1 heterocycles. The monoisotopic (exact) mass is 534 g/mol. The molecule has 2 aromatic carbocycles. The van der Waals surface area contributed by atoms with Gasteiger partial charge in [0, 0.05) is 17.0 Å². The van der Waals surface area contributed by atoms with Gasteiger partial charge in [0.15, 0.2) is 0 Å². The smallest absolute Gasteiger partial charge is 0.299 e. The molecule has 0 saturated heterocycles. The summed E-state index contributed by atoms with van der Waals surface area (Å²) in [4.78, 5) is 25.2. The summed E-state index contributed by atoms with van der Waals surface area (Å²) in [7, 11) is 0. The molecular weight excluding hydrogens is 500 g/mol. The molecule has 0 saturated carbocycles. The predicted octanol–water partition coefficient (Wildman–Crippen LogP) is 5.82. The van der Waals surface area contributed by atoms with Crippen molar-refractivity contribution in [1.82, 2.24) is 15.1 Å². The number of halogens is 1. The number of ether oxygens (including phenoxy) is 1. The highest BCUT2D eigenvalue weighted by atomic mass is 35.5. The fourth-order valence-corrected chi connectivity index (χ4v) is 4.86. The highest BCUT2D eigenvalue weighted by Crippen LogP contribution is 2.38. The van der Waals surface area contributed by atoms with Crippen molar-refractivity contribution >= 4 is 24.0 Å². The molecule has 7 nitrogen and oxygen atoms in total. The van der Waals surface area contributed by atoms with Crippen LogP contribution in [-0.4, -0.2) is 28.2 Å². The Morgan fingerprint density at radius 3 is 2.42 bits per heavy atom. The molecule has 8 heteroatoms. The van der Waals surface area contributed by atoms with E-state index in [9.17, 15) is 14.9 Å². The lowest BCUT2D eigenvalue weighted by atomic mass is 9.81. The first-order valence-corrected chi connectivity index (χ1v) is 12.9. The van der Waals surface area contributed by atoms with E-state index in [0.29, 0.717) is 34.7 Å². The molecule has 0 spiro atoms. The highest BCUT2D eigenvalue weighted by molar-refractivity contribution is 6.30. The average Bonchev–Trinajstić information content (AvgIpc) is 3.20. The third-order valence-corrected chi connectivity index (χ3v) is 7.03. The van der Waals surface area contributed by atoms with Gasteiger partial charge >= 0.3 is 0 Å². The molecule has 0 aliphatic carbocycles. The molecule has 1 aromatic heterocycles. The molecule has 0 unspecified atom stereocenters. The number of amides is 1. The Morgan fingerprint density at radius 2 is 1.84 bits per heavy atom. The second kappa shape index (κ2) is 11.4. The Bertz CT molecular complexity index is 1350. The van der Waals surface area contributed by atoms with Gasteiger partial charge in [0.25, 0.3) is 6.47 Å². The van der Waals surface area contributed by atoms with Crippen LogP contribution in [0.1, 0.15) is 75.4 Å². The van der Waals surface area contributed by atoms with Crippen molar-refractivity contribution in [3.8, 4) is 11.9 Å². The molecule has 0 aliphatic heterocycles. The summed E-state index contributed by atoms with van der Waals surface area (Å²) in [5.41, 5.74) is 2.23. The van der Waals surface area contributed by atoms with Crippen LogP contribution in [0.15, 0.2) is 48.5 Å². The van der Waals surface area contributed by atoms with Gasteiger partial charge in [-0.2, -0.15) is 10.4 Å². The van der Waals surface area contributed by atoms with Crippen LogP contribution in [-0.2, 0) is 27.0 Å². The Labute approximate surface area is 229 Å². The van der Waals surface area contributed by atoms with Crippen LogP contribution >= 0.6 is 11.6 Å². The number of carbonyl (C=O) groups excluding carboxylic acids is 2. The lowest BCUT2D eigenvalue weighted by Crippen LogP contribution is -2.47. The van der Waals surface area contributed by atoms with Gasteiger partial charge in [-0.25, -0.2) is 4.68 Å². The van der Waals surface area contributed by atoms with Crippen LogP contribution in [0.25, 0.3) is 0 Å². The van der Waals surface area contributed by atoms with Crippen LogP contribution in [0, 0.1) is 18.3 Å². The second-order valence-corrected chi connectivity index (χ2v) is 11.6. The summed E-state index contributed by atoms with van der Waals surface area (Å²) >= 11 is 6.09. The number of nitriles is 1. The molecule has 3 aromatic rings. The fraction of sp³-hybridized carbons (Fsp3) is 0.400. The summed E-state index contributed by atoms with van der Waals surface area (Å²) in [5.74, 6) is -0.0830. The molecule has 0 bridgehead atoms. The van der Waals surface area contributed by atoms with Crippen molar-refractivity contribution in [3.05, 3.63) is 81.5 Å². The number of nitrogens with zero attached hydrogens (tertiary/aromatic N) is 3. The topological polar surface area (TPSA) is 97.0 Å². The third kappa shape index (κ3) is 6.25. The van der Waals surface area contributed by atoms with E-state index < -0.39 is 11.0 Å². The van der Waals surface area contributed by atoms with Crippen LogP contribution in [0.2, 0.25) is 5.02 Å². The molecule has 0 aliphatic rings. The molecule has 0 fully saturated rings. The SMILES string of the molecule is Cc1nn(C(C)(C)C)c(OC=O)c1C(C)(C)C(=O)N[C@@H](C)[C@@H](Cc1ccc(Cl)cc1)c1cccc(C#N)c1. The van der Waals surface area contributed by atoms with Crippen molar-refractivity contribution in [2.45, 2.75) is 77.8 Å². The predicted molar refractivity (Wildman–Crippen MR) is 148 cm³/mol. The van der Waals surface area contributed by atoms with E-state index in [2.05, 4.69) is 16.5 Å². The number of aryl methyl sites for hydroxylation is 1. The van der Waals surface area contributed by atoms with Gasteiger partial charge in [-0.1, -0.05) is 35.9 Å². The van der Waals surface area contributed by atoms with Gasteiger partial charge in [0.2, 0.25) is 11.8 Å². The van der Waals surface area contributed by atoms with Crippen molar-refractivity contribution < 1.29 is 14.3 Å². The summed E-state index contributed by atoms with van der Waals surface area (Å²) in [5, 5.41) is 17.9. The second-order valence-electron chi connectivity index (χ2n) is 11.1. The van der Waals surface area contributed by atoms with Gasteiger partial charge in [0.1, 0.15) is 0 Å². The number of nitrogens with one attached hydrogen (secondary N) is 1. The van der Waals surface area contributed by atoms with E-state index in [1.165, 1.54) is 0 Å². The number of hydrogen-bond acceptors (Lipinski definition) is 5. The number of carbonyl (C=O) groups is 2. The molecule has 1 amide bonds. The quantitative estimate of drug-likeness (QED) is 0.349. The zero-order chi connectivity index (χ0) is 28.3. The Morgan fingerprint density at radius 1 is 1.18 bits per heavy atom. The zero-order valence-electron chi connectivity index (χ0n) is 23.0. The summed E-state index contributed by atoms with van der Waals surface area (Å²) in [6, 6.07) is 17.0. The van der Waals surface area contributed by atoms with E-state index in [1.54, 1.807) is 24.6 Å². The van der Waals surface area contributed by atoms with Crippen molar-refractivity contribution in [3.63, 3.8) is 0 Å². The minimum Gasteiger partial charge on any atom is -0.410 e. The lowest BCUT2D eigenvalue weighted by molar-refractivity contribution is -0.127. The maximum atomic E-state index is 13.8. The van der Waals surface area contributed by atoms with Crippen LogP contribution in [0.3, 0.4) is 0 Å². The molecule has 2 atom stereocenters. The largest absolute Gasteiger partial charge is 0.410 e. The van der Waals surface area contributed by atoms with Gasteiger partial charge in [0.05, 0.1) is 33.8 Å². The van der Waals surface area contributed by atoms with E-state index in [0.717, 1.165) is 11.1 Å². The Balaban J connectivity index is 1.98. The number of rotatable bonds is 9. The summed E-state index contributed by atoms with van der Waals surface area (Å²) < 4.78 is 7.03. The molecular formula is C30H35ClN4O3. The molecule has 200 valence electrons. The van der Waals surface area contributed by atoms with Crippen LogP contribution < -0.4 is 10.1 Å². The normalized spacial score (nSPS) is 13.3. The maximum absolute atomic E-state index is 13.8. The van der Waals surface area contributed by atoms with E-state index >= 15 is 0 Å². The molecule has 1 N–H and O–H groups in total. The van der Waals surface area contributed by atoms with Crippen molar-refractivity contribution in [2.75, 3.05) is 0 Å². The Kier molecular flexibility index (Phi) is 8.68. The lowest BCUT2D eigenvalue weighted by Gasteiger charge is -2.31. The maximum Gasteiger partial charge on any atom is 0.299 e. The van der Waals surface area contributed by atoms with Crippen molar-refractivity contribution in [1.29, 1.82) is 5.26 Å². The third-order valence-electron chi connectivity index (χ3n) is 6.78. The van der Waals surface area contributed by atoms with Gasteiger partial charge in [-0.05, 0) is 90.3 Å². The van der Waals surface area contributed by atoms with Crippen LogP contribution in [0.5, 0.6) is 5.88 Å². The first-order chi connectivity index (χ1) is 17.8. The van der Waals surface area contributed by atoms with Gasteiger partial charge < -0.3 is 10.1 Å². The van der Waals surface area contributed by atoms with Crippen molar-refractivity contribution in [2.24, 2.45) is 0 Å². The number of benzene rings is 2. The van der Waals surface area contributed by atoms with Gasteiger partial charge in [-0.15, -0.1) is 0 Å².